The number of hydrogen-bond donors (Lipinski definition) is 2. The van der Waals surface area contributed by atoms with Gasteiger partial charge in [0.15, 0.2) is 0 Å². The lowest BCUT2D eigenvalue weighted by atomic mass is 10.3. The monoisotopic (exact) mass is 165 g/mol. The summed E-state index contributed by atoms with van der Waals surface area (Å²) in [4.78, 5) is 10.2. The molecule has 0 aliphatic carbocycles. The number of nitrogens with two attached hydrogens (primary N) is 1. The third-order valence-corrected chi connectivity index (χ3v) is 1.37. The van der Waals surface area contributed by atoms with E-state index in [1.54, 1.807) is 0 Å². The van der Waals surface area contributed by atoms with Crippen LogP contribution >= 0.6 is 0 Å². The topological polar surface area (TPSA) is 97.5 Å². The van der Waals surface area contributed by atoms with E-state index in [1.165, 1.54) is 6.92 Å². The molecule has 0 radical (unpaired) electrons. The average Bonchev–Trinajstić information content (AvgIpc) is 1.60. The maximum Gasteiger partial charge on any atom is 0.288 e. The van der Waals surface area contributed by atoms with Gasteiger partial charge < -0.3 is 5.73 Å². The molecule has 0 saturated carbocycles. The largest absolute Gasteiger partial charge is 0.366 e. The van der Waals surface area contributed by atoms with Gasteiger partial charge in [-0.3, -0.25) is 9.35 Å². The zero-order chi connectivity index (χ0) is 8.36. The summed E-state index contributed by atoms with van der Waals surface area (Å²) in [6, 6.07) is 0. The summed E-state index contributed by atoms with van der Waals surface area (Å²) in [7, 11) is -4.23. The minimum atomic E-state index is -4.23. The molecule has 0 aliphatic heterocycles. The second-order valence-corrected chi connectivity index (χ2v) is 2.95. The van der Waals surface area contributed by atoms with Crippen molar-refractivity contribution in [1.29, 1.82) is 0 Å². The highest BCUT2D eigenvalue weighted by atomic mass is 32.2. The van der Waals surface area contributed by atoms with Crippen molar-refractivity contribution < 1.29 is 17.8 Å². The molecule has 10 heavy (non-hydrogen) atoms. The first-order valence-corrected chi connectivity index (χ1v) is 3.79. The standard InChI is InChI=1S/C4H7NO4S/c1-3(4(5)6)2-10(7,8)9/h2H,1H3,(H2,5,6)(H,7,8,9). The van der Waals surface area contributed by atoms with Crippen molar-refractivity contribution in [3.05, 3.63) is 11.0 Å². The summed E-state index contributed by atoms with van der Waals surface area (Å²) in [5, 5.41) is 0.398. The molecule has 5 nitrogen and oxygen atoms in total. The highest BCUT2D eigenvalue weighted by Crippen LogP contribution is 1.94. The molecule has 0 atom stereocenters. The molecule has 0 aromatic heterocycles. The highest BCUT2D eigenvalue weighted by Gasteiger charge is 2.03. The Kier molecular flexibility index (Phi) is 2.56. The maximum absolute atomic E-state index is 10.2. The van der Waals surface area contributed by atoms with E-state index in [0.717, 1.165) is 0 Å². The predicted molar refractivity (Wildman–Crippen MR) is 34.5 cm³/mol. The van der Waals surface area contributed by atoms with Gasteiger partial charge in [0, 0.05) is 5.57 Å². The molecular weight excluding hydrogens is 158 g/mol. The van der Waals surface area contributed by atoms with Crippen LogP contribution in [0, 0.1) is 0 Å². The summed E-state index contributed by atoms with van der Waals surface area (Å²) in [5.41, 5.74) is 4.45. The fourth-order valence-corrected chi connectivity index (χ4v) is 0.844. The Bertz CT molecular complexity index is 263. The molecule has 0 aromatic carbocycles. The van der Waals surface area contributed by atoms with Gasteiger partial charge in [0.2, 0.25) is 5.91 Å². The van der Waals surface area contributed by atoms with E-state index < -0.39 is 16.0 Å². The van der Waals surface area contributed by atoms with Crippen LogP contribution in [0.3, 0.4) is 0 Å². The van der Waals surface area contributed by atoms with Gasteiger partial charge >= 0.3 is 0 Å². The molecule has 0 aromatic rings. The summed E-state index contributed by atoms with van der Waals surface area (Å²) in [6.07, 6.45) is 0. The Balaban J connectivity index is 4.66. The van der Waals surface area contributed by atoms with Crippen LogP contribution in [0.1, 0.15) is 6.92 Å². The van der Waals surface area contributed by atoms with E-state index in [0.29, 0.717) is 5.41 Å². The highest BCUT2D eigenvalue weighted by molar-refractivity contribution is 7.88. The van der Waals surface area contributed by atoms with Gasteiger partial charge in [-0.15, -0.1) is 0 Å². The van der Waals surface area contributed by atoms with Crippen LogP contribution in [0.4, 0.5) is 0 Å². The third-order valence-electron chi connectivity index (χ3n) is 0.714. The number of carbonyl (C=O) groups is 1. The van der Waals surface area contributed by atoms with Crippen molar-refractivity contribution in [2.24, 2.45) is 5.73 Å². The molecule has 0 spiro atoms. The minimum Gasteiger partial charge on any atom is -0.366 e. The molecule has 0 heterocycles. The van der Waals surface area contributed by atoms with E-state index in [4.69, 9.17) is 4.55 Å². The third kappa shape index (κ3) is 4.04. The zero-order valence-corrected chi connectivity index (χ0v) is 6.05. The van der Waals surface area contributed by atoms with Crippen molar-refractivity contribution in [2.75, 3.05) is 0 Å². The van der Waals surface area contributed by atoms with Crippen LogP contribution in [0.5, 0.6) is 0 Å². The van der Waals surface area contributed by atoms with Crippen LogP contribution in [-0.4, -0.2) is 18.9 Å². The van der Waals surface area contributed by atoms with Crippen LogP contribution in [-0.2, 0) is 14.9 Å². The lowest BCUT2D eigenvalue weighted by Gasteiger charge is -1.89. The molecule has 58 valence electrons. The molecule has 0 fully saturated rings. The van der Waals surface area contributed by atoms with Crippen molar-refractivity contribution in [3.63, 3.8) is 0 Å². The molecule has 0 aliphatic rings. The molecule has 1 amide bonds. The Morgan fingerprint density at radius 2 is 2.00 bits per heavy atom. The number of amides is 1. The maximum atomic E-state index is 10.2. The average molecular weight is 165 g/mol. The second-order valence-electron chi connectivity index (χ2n) is 1.68. The van der Waals surface area contributed by atoms with Crippen molar-refractivity contribution >= 4 is 16.0 Å². The van der Waals surface area contributed by atoms with Crippen molar-refractivity contribution in [2.45, 2.75) is 6.92 Å². The number of carbonyl (C=O) groups excluding carboxylic acids is 1. The summed E-state index contributed by atoms with van der Waals surface area (Å²) >= 11 is 0. The number of primary amides is 1. The smallest absolute Gasteiger partial charge is 0.288 e. The summed E-state index contributed by atoms with van der Waals surface area (Å²) in [6.45, 7) is 1.19. The predicted octanol–water partition coefficient (Wildman–Crippen LogP) is -0.737. The van der Waals surface area contributed by atoms with E-state index in [2.05, 4.69) is 5.73 Å². The number of hydrogen-bond acceptors (Lipinski definition) is 3. The van der Waals surface area contributed by atoms with E-state index >= 15 is 0 Å². The minimum absolute atomic E-state index is 0.206. The first-order valence-electron chi connectivity index (χ1n) is 2.28. The first-order chi connectivity index (χ1) is 4.33. The molecule has 0 rings (SSSR count). The quantitative estimate of drug-likeness (QED) is 0.416. The molecule has 6 heteroatoms. The van der Waals surface area contributed by atoms with Crippen molar-refractivity contribution in [3.8, 4) is 0 Å². The van der Waals surface area contributed by atoms with Gasteiger partial charge in [-0.25, -0.2) is 0 Å². The van der Waals surface area contributed by atoms with E-state index in [1.807, 2.05) is 0 Å². The fraction of sp³-hybridized carbons (Fsp3) is 0.250. The van der Waals surface area contributed by atoms with Gasteiger partial charge in [-0.1, -0.05) is 0 Å². The van der Waals surface area contributed by atoms with Gasteiger partial charge in [0.05, 0.1) is 5.41 Å². The molecule has 0 saturated heterocycles. The summed E-state index contributed by atoms with van der Waals surface area (Å²) < 4.78 is 28.2. The Hall–Kier alpha value is -0.880. The van der Waals surface area contributed by atoms with Gasteiger partial charge in [0.1, 0.15) is 0 Å². The Labute approximate surface area is 58.3 Å². The second kappa shape index (κ2) is 2.80. The van der Waals surface area contributed by atoms with Crippen LogP contribution < -0.4 is 5.73 Å². The zero-order valence-electron chi connectivity index (χ0n) is 5.23. The van der Waals surface area contributed by atoms with Gasteiger partial charge in [0.25, 0.3) is 10.1 Å². The van der Waals surface area contributed by atoms with Crippen molar-refractivity contribution in [1.82, 2.24) is 0 Å². The SMILES string of the molecule is CC(=CS(=O)(=O)O)C(N)=O. The number of rotatable bonds is 2. The molecule has 3 N–H and O–H groups in total. The lowest BCUT2D eigenvalue weighted by Crippen LogP contribution is -2.12. The molecule has 0 unspecified atom stereocenters. The van der Waals surface area contributed by atoms with Crippen LogP contribution in [0.25, 0.3) is 0 Å². The lowest BCUT2D eigenvalue weighted by molar-refractivity contribution is -0.114. The Morgan fingerprint density at radius 1 is 1.60 bits per heavy atom. The molecular formula is C4H7NO4S. The fourth-order valence-electron chi connectivity index (χ4n) is 0.281. The first kappa shape index (κ1) is 9.12. The van der Waals surface area contributed by atoms with Gasteiger partial charge in [-0.2, -0.15) is 8.42 Å². The summed E-state index contributed by atoms with van der Waals surface area (Å²) in [5.74, 6) is -0.877. The van der Waals surface area contributed by atoms with E-state index in [9.17, 15) is 13.2 Å². The Morgan fingerprint density at radius 3 is 2.10 bits per heavy atom. The normalized spacial score (nSPS) is 13.2. The molecule has 0 bridgehead atoms. The van der Waals surface area contributed by atoms with E-state index in [-0.39, 0.29) is 5.57 Å². The van der Waals surface area contributed by atoms with Crippen LogP contribution in [0.15, 0.2) is 11.0 Å². The van der Waals surface area contributed by atoms with Crippen LogP contribution in [0.2, 0.25) is 0 Å². The van der Waals surface area contributed by atoms with Gasteiger partial charge in [-0.05, 0) is 6.92 Å².